The Labute approximate surface area is 90.6 Å². The Morgan fingerprint density at radius 3 is 2.50 bits per heavy atom. The second kappa shape index (κ2) is 4.73. The maximum absolute atomic E-state index is 12.0. The molecule has 0 aliphatic carbocycles. The molecule has 0 bridgehead atoms. The third kappa shape index (κ3) is 2.94. The van der Waals surface area contributed by atoms with Crippen LogP contribution in [0, 0.1) is 13.8 Å². The number of hydrogen-bond acceptors (Lipinski definition) is 1. The number of anilines is 1. The van der Waals surface area contributed by atoms with Crippen LogP contribution >= 0.6 is 15.9 Å². The van der Waals surface area contributed by atoms with E-state index in [0.29, 0.717) is 0 Å². The summed E-state index contributed by atoms with van der Waals surface area (Å²) < 4.78 is 24.8. The summed E-state index contributed by atoms with van der Waals surface area (Å²) in [7, 11) is 0. The van der Waals surface area contributed by atoms with E-state index in [1.807, 2.05) is 26.0 Å². The number of aryl methyl sites for hydroxylation is 2. The maximum atomic E-state index is 12.0. The summed E-state index contributed by atoms with van der Waals surface area (Å²) in [5.41, 5.74) is 2.82. The van der Waals surface area contributed by atoms with Crippen LogP contribution < -0.4 is 5.32 Å². The minimum absolute atomic E-state index is 0.317. The molecule has 0 atom stereocenters. The Hall–Kier alpha value is -0.640. The number of nitrogens with one attached hydrogen (secondary N) is 1. The van der Waals surface area contributed by atoms with Crippen LogP contribution in [0.5, 0.6) is 0 Å². The predicted octanol–water partition coefficient (Wildman–Crippen LogP) is 3.74. The lowest BCUT2D eigenvalue weighted by Gasteiger charge is -2.12. The zero-order valence-electron chi connectivity index (χ0n) is 8.07. The van der Waals surface area contributed by atoms with Crippen LogP contribution in [0.1, 0.15) is 11.1 Å². The fraction of sp³-hybridized carbons (Fsp3) is 0.400. The number of benzene rings is 1. The van der Waals surface area contributed by atoms with E-state index < -0.39 is 6.43 Å². The molecule has 0 aromatic heterocycles. The molecule has 0 unspecified atom stereocenters. The van der Waals surface area contributed by atoms with Crippen molar-refractivity contribution in [2.75, 3.05) is 11.9 Å². The van der Waals surface area contributed by atoms with Gasteiger partial charge in [0, 0.05) is 4.47 Å². The molecule has 0 heterocycles. The molecule has 4 heteroatoms. The van der Waals surface area contributed by atoms with Crippen molar-refractivity contribution in [2.24, 2.45) is 0 Å². The molecule has 0 saturated carbocycles. The first-order chi connectivity index (χ1) is 6.50. The first-order valence-corrected chi connectivity index (χ1v) is 5.08. The van der Waals surface area contributed by atoms with Crippen LogP contribution in [-0.4, -0.2) is 13.0 Å². The molecular weight excluding hydrogens is 252 g/mol. The molecule has 1 N–H and O–H groups in total. The van der Waals surface area contributed by atoms with Gasteiger partial charge in [-0.05, 0) is 47.0 Å². The lowest BCUT2D eigenvalue weighted by molar-refractivity contribution is 0.163. The highest BCUT2D eigenvalue weighted by molar-refractivity contribution is 9.10. The summed E-state index contributed by atoms with van der Waals surface area (Å²) >= 11 is 3.34. The second-order valence-corrected chi connectivity index (χ2v) is 4.06. The Morgan fingerprint density at radius 1 is 1.36 bits per heavy atom. The Balaban J connectivity index is 2.86. The van der Waals surface area contributed by atoms with Crippen molar-refractivity contribution < 1.29 is 8.78 Å². The van der Waals surface area contributed by atoms with Gasteiger partial charge in [-0.2, -0.15) is 0 Å². The molecule has 0 aliphatic rings. The van der Waals surface area contributed by atoms with E-state index in [1.165, 1.54) is 0 Å². The van der Waals surface area contributed by atoms with Gasteiger partial charge in [0.15, 0.2) is 0 Å². The van der Waals surface area contributed by atoms with Crippen molar-refractivity contribution in [2.45, 2.75) is 20.3 Å². The smallest absolute Gasteiger partial charge is 0.255 e. The first kappa shape index (κ1) is 11.4. The van der Waals surface area contributed by atoms with Crippen molar-refractivity contribution in [1.82, 2.24) is 0 Å². The average Bonchev–Trinajstić information content (AvgIpc) is 2.01. The second-order valence-electron chi connectivity index (χ2n) is 3.21. The molecule has 1 aromatic carbocycles. The van der Waals surface area contributed by atoms with E-state index in [1.54, 1.807) is 0 Å². The summed E-state index contributed by atoms with van der Waals surface area (Å²) in [6, 6.07) is 3.86. The Bertz CT molecular complexity index is 303. The third-order valence-corrected chi connectivity index (χ3v) is 2.49. The van der Waals surface area contributed by atoms with E-state index in [0.717, 1.165) is 21.3 Å². The molecule has 0 spiro atoms. The number of alkyl halides is 2. The lowest BCUT2D eigenvalue weighted by Crippen LogP contribution is -2.11. The quantitative estimate of drug-likeness (QED) is 0.876. The van der Waals surface area contributed by atoms with E-state index in [2.05, 4.69) is 21.2 Å². The molecule has 14 heavy (non-hydrogen) atoms. The zero-order valence-corrected chi connectivity index (χ0v) is 9.66. The van der Waals surface area contributed by atoms with Crippen LogP contribution in [0.15, 0.2) is 16.6 Å². The molecule has 0 aliphatic heterocycles. The normalized spacial score (nSPS) is 10.7. The van der Waals surface area contributed by atoms with Gasteiger partial charge in [-0.1, -0.05) is 6.07 Å². The average molecular weight is 264 g/mol. The summed E-state index contributed by atoms with van der Waals surface area (Å²) in [4.78, 5) is 0. The SMILES string of the molecule is Cc1cc(C)c(NCC(F)F)c(Br)c1. The van der Waals surface area contributed by atoms with Gasteiger partial charge >= 0.3 is 0 Å². The van der Waals surface area contributed by atoms with Crippen molar-refractivity contribution in [3.63, 3.8) is 0 Å². The van der Waals surface area contributed by atoms with E-state index >= 15 is 0 Å². The van der Waals surface area contributed by atoms with Crippen LogP contribution in [0.3, 0.4) is 0 Å². The first-order valence-electron chi connectivity index (χ1n) is 4.29. The summed E-state index contributed by atoms with van der Waals surface area (Å²) in [5, 5.41) is 2.71. The molecule has 0 saturated heterocycles. The molecule has 0 radical (unpaired) electrons. The van der Waals surface area contributed by atoms with Crippen LogP contribution in [-0.2, 0) is 0 Å². The van der Waals surface area contributed by atoms with Crippen molar-refractivity contribution in [1.29, 1.82) is 0 Å². The van der Waals surface area contributed by atoms with E-state index in [9.17, 15) is 8.78 Å². The summed E-state index contributed by atoms with van der Waals surface area (Å²) in [6.45, 7) is 3.54. The fourth-order valence-corrected chi connectivity index (χ4v) is 2.13. The van der Waals surface area contributed by atoms with Crippen LogP contribution in [0.25, 0.3) is 0 Å². The summed E-state index contributed by atoms with van der Waals surface area (Å²) in [5.74, 6) is 0. The zero-order chi connectivity index (χ0) is 10.7. The third-order valence-electron chi connectivity index (χ3n) is 1.86. The molecule has 0 amide bonds. The molecular formula is C10H12BrF2N. The molecule has 1 rings (SSSR count). The highest BCUT2D eigenvalue weighted by Gasteiger charge is 2.07. The topological polar surface area (TPSA) is 12.0 Å². The lowest BCUT2D eigenvalue weighted by atomic mass is 10.1. The minimum Gasteiger partial charge on any atom is -0.378 e. The van der Waals surface area contributed by atoms with E-state index in [-0.39, 0.29) is 6.54 Å². The van der Waals surface area contributed by atoms with Crippen LogP contribution in [0.2, 0.25) is 0 Å². The minimum atomic E-state index is -2.33. The monoisotopic (exact) mass is 263 g/mol. The predicted molar refractivity (Wildman–Crippen MR) is 58.1 cm³/mol. The van der Waals surface area contributed by atoms with Crippen LogP contribution in [0.4, 0.5) is 14.5 Å². The largest absolute Gasteiger partial charge is 0.378 e. The summed E-state index contributed by atoms with van der Waals surface area (Å²) in [6.07, 6.45) is -2.33. The highest BCUT2D eigenvalue weighted by atomic mass is 79.9. The standard InChI is InChI=1S/C10H12BrF2N/c1-6-3-7(2)10(8(11)4-6)14-5-9(12)13/h3-4,9,14H,5H2,1-2H3. The molecule has 1 aromatic rings. The molecule has 1 nitrogen and oxygen atoms in total. The fourth-order valence-electron chi connectivity index (χ4n) is 1.32. The molecule has 0 fully saturated rings. The van der Waals surface area contributed by atoms with Crippen molar-refractivity contribution >= 4 is 21.6 Å². The maximum Gasteiger partial charge on any atom is 0.255 e. The van der Waals surface area contributed by atoms with Crippen molar-refractivity contribution in [3.05, 3.63) is 27.7 Å². The number of rotatable bonds is 3. The van der Waals surface area contributed by atoms with Gasteiger partial charge in [0.2, 0.25) is 0 Å². The van der Waals surface area contributed by atoms with Gasteiger partial charge in [0.25, 0.3) is 6.43 Å². The van der Waals surface area contributed by atoms with Crippen molar-refractivity contribution in [3.8, 4) is 0 Å². The van der Waals surface area contributed by atoms with Gasteiger partial charge in [-0.25, -0.2) is 8.78 Å². The Morgan fingerprint density at radius 2 is 2.00 bits per heavy atom. The van der Waals surface area contributed by atoms with Gasteiger partial charge in [-0.3, -0.25) is 0 Å². The van der Waals surface area contributed by atoms with Gasteiger partial charge in [0.05, 0.1) is 12.2 Å². The van der Waals surface area contributed by atoms with Gasteiger partial charge < -0.3 is 5.32 Å². The highest BCUT2D eigenvalue weighted by Crippen LogP contribution is 2.27. The number of hydrogen-bond donors (Lipinski definition) is 1. The van der Waals surface area contributed by atoms with Gasteiger partial charge in [0.1, 0.15) is 0 Å². The molecule has 78 valence electrons. The van der Waals surface area contributed by atoms with E-state index in [4.69, 9.17) is 0 Å². The number of halogens is 3. The Kier molecular flexibility index (Phi) is 3.86. The van der Waals surface area contributed by atoms with Gasteiger partial charge in [-0.15, -0.1) is 0 Å².